The zero-order valence-corrected chi connectivity index (χ0v) is 21.2. The summed E-state index contributed by atoms with van der Waals surface area (Å²) in [7, 11) is 0. The quantitative estimate of drug-likeness (QED) is 0.654. The highest BCUT2D eigenvalue weighted by Crippen LogP contribution is 2.31. The van der Waals surface area contributed by atoms with E-state index in [1.165, 1.54) is 12.1 Å². The number of benzene rings is 1. The Hall–Kier alpha value is -2.59. The van der Waals surface area contributed by atoms with Crippen LogP contribution in [0.15, 0.2) is 36.5 Å². The monoisotopic (exact) mass is 497 g/mol. The van der Waals surface area contributed by atoms with Crippen LogP contribution in [0, 0.1) is 5.82 Å². The number of rotatable bonds is 6. The summed E-state index contributed by atoms with van der Waals surface area (Å²) in [5, 5.41) is 3.59. The molecule has 3 aliphatic rings. The number of pyridine rings is 1. The third-order valence-corrected chi connectivity index (χ3v) is 7.37. The first-order chi connectivity index (χ1) is 17.5. The first-order valence-corrected chi connectivity index (χ1v) is 12.9. The van der Waals surface area contributed by atoms with Crippen LogP contribution in [0.1, 0.15) is 25.0 Å². The Labute approximate surface area is 212 Å². The Morgan fingerprint density at radius 1 is 1.14 bits per heavy atom. The van der Waals surface area contributed by atoms with Crippen LogP contribution < -0.4 is 15.0 Å². The van der Waals surface area contributed by atoms with Crippen molar-refractivity contribution in [3.05, 3.63) is 53.5 Å². The second kappa shape index (κ2) is 11.2. The molecule has 0 aliphatic carbocycles. The molecule has 0 bridgehead atoms. The highest BCUT2D eigenvalue weighted by Gasteiger charge is 2.33. The van der Waals surface area contributed by atoms with Crippen molar-refractivity contribution in [1.29, 1.82) is 0 Å². The summed E-state index contributed by atoms with van der Waals surface area (Å²) in [4.78, 5) is 24.8. The van der Waals surface area contributed by atoms with Crippen molar-refractivity contribution in [2.24, 2.45) is 0 Å². The van der Waals surface area contributed by atoms with Gasteiger partial charge < -0.3 is 19.7 Å². The van der Waals surface area contributed by atoms with Crippen molar-refractivity contribution in [3.63, 3.8) is 0 Å². The molecule has 8 nitrogen and oxygen atoms in total. The summed E-state index contributed by atoms with van der Waals surface area (Å²) in [6.07, 6.45) is 2.38. The van der Waals surface area contributed by atoms with Gasteiger partial charge in [-0.3, -0.25) is 14.6 Å². The molecule has 3 atom stereocenters. The summed E-state index contributed by atoms with van der Waals surface area (Å²) < 4.78 is 24.7. The molecule has 2 saturated heterocycles. The lowest BCUT2D eigenvalue weighted by atomic mass is 10.1. The van der Waals surface area contributed by atoms with Gasteiger partial charge in [-0.15, -0.1) is 0 Å². The third kappa shape index (κ3) is 5.86. The van der Waals surface area contributed by atoms with Crippen LogP contribution in [0.3, 0.4) is 0 Å². The Bertz CT molecular complexity index is 1050. The molecule has 1 amide bonds. The predicted octanol–water partition coefficient (Wildman–Crippen LogP) is 1.92. The van der Waals surface area contributed by atoms with E-state index in [0.717, 1.165) is 50.5 Å². The number of nitrogens with one attached hydrogen (secondary N) is 1. The van der Waals surface area contributed by atoms with Crippen LogP contribution in [-0.4, -0.2) is 97.9 Å². The number of ether oxygens (including phenoxy) is 2. The van der Waals surface area contributed by atoms with E-state index in [2.05, 4.69) is 33.9 Å². The minimum Gasteiger partial charge on any atom is -0.474 e. The molecule has 2 aromatic rings. The number of amides is 1. The van der Waals surface area contributed by atoms with E-state index in [4.69, 9.17) is 9.47 Å². The summed E-state index contributed by atoms with van der Waals surface area (Å²) in [6, 6.07) is 9.42. The van der Waals surface area contributed by atoms with Crippen molar-refractivity contribution in [3.8, 4) is 5.88 Å². The number of nitrogens with zero attached hydrogens (tertiary/aromatic N) is 4. The van der Waals surface area contributed by atoms with Gasteiger partial charge in [-0.25, -0.2) is 9.37 Å². The molecular formula is C27H36FN5O3. The molecular weight excluding hydrogens is 461 g/mol. The molecule has 0 saturated carbocycles. The molecule has 0 spiro atoms. The molecule has 5 rings (SSSR count). The fourth-order valence-corrected chi connectivity index (χ4v) is 5.30. The summed E-state index contributed by atoms with van der Waals surface area (Å²) in [5.41, 5.74) is 2.66. The summed E-state index contributed by atoms with van der Waals surface area (Å²) >= 11 is 0. The smallest absolute Gasteiger partial charge is 0.241 e. The Morgan fingerprint density at radius 2 is 1.97 bits per heavy atom. The summed E-state index contributed by atoms with van der Waals surface area (Å²) in [5.74, 6) is 0.301. The molecule has 3 aliphatic heterocycles. The Balaban J connectivity index is 1.29. The number of morpholine rings is 1. The van der Waals surface area contributed by atoms with E-state index >= 15 is 0 Å². The van der Waals surface area contributed by atoms with Gasteiger partial charge in [-0.1, -0.05) is 12.1 Å². The highest BCUT2D eigenvalue weighted by atomic mass is 19.1. The van der Waals surface area contributed by atoms with Gasteiger partial charge in [0.15, 0.2) is 0 Å². The third-order valence-electron chi connectivity index (χ3n) is 7.37. The lowest BCUT2D eigenvalue weighted by molar-refractivity contribution is -0.121. The number of carbonyl (C=O) groups is 1. The minimum absolute atomic E-state index is 0.0643. The maximum absolute atomic E-state index is 13.7. The van der Waals surface area contributed by atoms with Gasteiger partial charge in [0.1, 0.15) is 18.1 Å². The zero-order valence-electron chi connectivity index (χ0n) is 21.2. The number of piperazine rings is 1. The lowest BCUT2D eigenvalue weighted by Gasteiger charge is -2.44. The fraction of sp³-hybridized carbons (Fsp3) is 0.556. The average Bonchev–Trinajstić information content (AvgIpc) is 2.88. The lowest BCUT2D eigenvalue weighted by Crippen LogP contribution is -2.62. The van der Waals surface area contributed by atoms with E-state index in [1.807, 2.05) is 11.0 Å². The molecule has 1 unspecified atom stereocenters. The second-order valence-electron chi connectivity index (χ2n) is 10.2. The maximum Gasteiger partial charge on any atom is 0.241 e. The first kappa shape index (κ1) is 25.1. The van der Waals surface area contributed by atoms with E-state index in [9.17, 15) is 9.18 Å². The zero-order chi connectivity index (χ0) is 25.1. The topological polar surface area (TPSA) is 70.2 Å². The van der Waals surface area contributed by atoms with Crippen molar-refractivity contribution >= 4 is 11.6 Å². The molecule has 1 N–H and O–H groups in total. The van der Waals surface area contributed by atoms with Crippen molar-refractivity contribution in [1.82, 2.24) is 20.1 Å². The number of fused-ring (bicyclic) bond motifs is 1. The van der Waals surface area contributed by atoms with Gasteiger partial charge in [0.2, 0.25) is 11.8 Å². The van der Waals surface area contributed by atoms with Crippen LogP contribution in [0.4, 0.5) is 10.1 Å². The predicted molar refractivity (Wildman–Crippen MR) is 136 cm³/mol. The standard InChI is InChI=1S/C27H36FN5O3/c1-19-15-32(24(14-29-19)16-31-7-9-35-18-20(31)2)17-26(34)33-8-10-36-27-25(33)12-22(13-30-27)11-21-3-5-23(28)6-4-21/h3-6,12-13,19-20,24,29H,7-11,14-18H2,1-2H3/t19-,20?,24-/m1/s1. The minimum atomic E-state index is -0.254. The number of aromatic nitrogens is 1. The number of hydrogen-bond donors (Lipinski definition) is 1. The molecule has 9 heteroatoms. The van der Waals surface area contributed by atoms with Gasteiger partial charge in [0.25, 0.3) is 0 Å². The molecule has 0 radical (unpaired) electrons. The van der Waals surface area contributed by atoms with E-state index in [1.54, 1.807) is 18.3 Å². The number of halogens is 1. The van der Waals surface area contributed by atoms with Crippen LogP contribution in [0.2, 0.25) is 0 Å². The van der Waals surface area contributed by atoms with Crippen molar-refractivity contribution in [2.75, 3.05) is 64.0 Å². The van der Waals surface area contributed by atoms with Crippen molar-refractivity contribution in [2.45, 2.75) is 38.4 Å². The van der Waals surface area contributed by atoms with Gasteiger partial charge in [-0.05, 0) is 49.6 Å². The summed E-state index contributed by atoms with van der Waals surface area (Å²) in [6.45, 7) is 10.7. The van der Waals surface area contributed by atoms with Crippen molar-refractivity contribution < 1.29 is 18.7 Å². The average molecular weight is 498 g/mol. The van der Waals surface area contributed by atoms with E-state index in [-0.39, 0.29) is 17.8 Å². The van der Waals surface area contributed by atoms with Gasteiger partial charge in [0, 0.05) is 50.5 Å². The van der Waals surface area contributed by atoms with E-state index in [0.29, 0.717) is 49.8 Å². The van der Waals surface area contributed by atoms with Gasteiger partial charge >= 0.3 is 0 Å². The highest BCUT2D eigenvalue weighted by molar-refractivity contribution is 5.96. The fourth-order valence-electron chi connectivity index (χ4n) is 5.30. The Morgan fingerprint density at radius 3 is 2.78 bits per heavy atom. The second-order valence-corrected chi connectivity index (χ2v) is 10.2. The van der Waals surface area contributed by atoms with E-state index < -0.39 is 0 Å². The van der Waals surface area contributed by atoms with Crippen LogP contribution in [0.5, 0.6) is 5.88 Å². The van der Waals surface area contributed by atoms with Gasteiger partial charge in [0.05, 0.1) is 26.3 Å². The van der Waals surface area contributed by atoms with Gasteiger partial charge in [-0.2, -0.15) is 0 Å². The maximum atomic E-state index is 13.7. The normalized spacial score (nSPS) is 25.3. The molecule has 4 heterocycles. The van der Waals surface area contributed by atoms with Crippen LogP contribution in [0.25, 0.3) is 0 Å². The Kier molecular flexibility index (Phi) is 7.81. The van der Waals surface area contributed by atoms with Crippen LogP contribution >= 0.6 is 0 Å². The number of anilines is 1. The molecule has 36 heavy (non-hydrogen) atoms. The SMILES string of the molecule is CC1COCCN1C[C@H]1CN[C@H](C)CN1CC(=O)N1CCOc2ncc(Cc3ccc(F)cc3)cc21. The molecule has 1 aromatic heterocycles. The molecule has 194 valence electrons. The number of hydrogen-bond acceptors (Lipinski definition) is 7. The van der Waals surface area contributed by atoms with Crippen LogP contribution in [-0.2, 0) is 16.0 Å². The largest absolute Gasteiger partial charge is 0.474 e. The molecule has 1 aromatic carbocycles. The number of carbonyl (C=O) groups excluding carboxylic acids is 1. The first-order valence-electron chi connectivity index (χ1n) is 12.9. The molecule has 2 fully saturated rings.